The smallest absolute Gasteiger partial charge is 0.341 e. The van der Waals surface area contributed by atoms with Crippen molar-refractivity contribution in [3.05, 3.63) is 46.3 Å². The van der Waals surface area contributed by atoms with Crippen LogP contribution in [0.15, 0.2) is 35.5 Å². The summed E-state index contributed by atoms with van der Waals surface area (Å²) in [4.78, 5) is 11.7. The third-order valence-electron chi connectivity index (χ3n) is 4.74. The lowest BCUT2D eigenvalue weighted by Gasteiger charge is -2.33. The second kappa shape index (κ2) is 7.22. The minimum absolute atomic E-state index is 0.234. The molecule has 1 aliphatic rings. The van der Waals surface area contributed by atoms with Crippen LogP contribution in [0.3, 0.4) is 0 Å². The van der Waals surface area contributed by atoms with Crippen LogP contribution >= 0.6 is 0 Å². The molecule has 27 heavy (non-hydrogen) atoms. The van der Waals surface area contributed by atoms with Crippen molar-refractivity contribution < 1.29 is 22.1 Å². The molecule has 0 aliphatic carbocycles. The van der Waals surface area contributed by atoms with E-state index in [1.54, 1.807) is 15.8 Å². The summed E-state index contributed by atoms with van der Waals surface area (Å²) in [5.41, 5.74) is 0.847. The molecule has 3 rings (SSSR count). The monoisotopic (exact) mass is 400 g/mol. The molecule has 0 N–H and O–H groups in total. The van der Waals surface area contributed by atoms with Crippen LogP contribution in [-0.4, -0.2) is 42.0 Å². The first kappa shape index (κ1) is 19.2. The predicted molar refractivity (Wildman–Crippen MR) is 93.7 cm³/mol. The molecule has 8 nitrogen and oxygen atoms in total. The average Bonchev–Trinajstić information content (AvgIpc) is 3.07. The van der Waals surface area contributed by atoms with Crippen molar-refractivity contribution in [3.8, 4) is 0 Å². The lowest BCUT2D eigenvalue weighted by molar-refractivity contribution is -0.384. The molecule has 0 amide bonds. The summed E-state index contributed by atoms with van der Waals surface area (Å²) >= 11 is 0. The molecule has 0 atom stereocenters. The number of benzene rings is 1. The van der Waals surface area contributed by atoms with Gasteiger partial charge in [0.25, 0.3) is 5.69 Å². The van der Waals surface area contributed by atoms with Gasteiger partial charge in [-0.1, -0.05) is 0 Å². The van der Waals surface area contributed by atoms with Gasteiger partial charge in [-0.05, 0) is 36.5 Å². The Kier molecular flexibility index (Phi) is 5.13. The third-order valence-corrected chi connectivity index (χ3v) is 6.12. The van der Waals surface area contributed by atoms with E-state index in [2.05, 4.69) is 5.10 Å². The molecular formula is C16H18F2N4O4S. The zero-order chi connectivity index (χ0) is 19.8. The number of nitrogens with zero attached hydrogens (tertiary/aromatic N) is 4. The Balaban J connectivity index is 1.84. The molecule has 1 aromatic carbocycles. The fraction of sp³-hybridized carbons (Fsp3) is 0.438. The van der Waals surface area contributed by atoms with E-state index >= 15 is 0 Å². The fourth-order valence-corrected chi connectivity index (χ4v) is 4.04. The minimum Gasteiger partial charge on any atom is -0.366 e. The Labute approximate surface area is 154 Å². The molecule has 0 spiro atoms. The first-order chi connectivity index (χ1) is 12.7. The molecule has 0 radical (unpaired) electrons. The van der Waals surface area contributed by atoms with Crippen LogP contribution in [0, 0.1) is 10.1 Å². The number of alkyl halides is 2. The molecule has 146 valence electrons. The second-order valence-electron chi connectivity index (χ2n) is 6.42. The van der Waals surface area contributed by atoms with E-state index in [1.165, 1.54) is 6.07 Å². The van der Waals surface area contributed by atoms with E-state index in [-0.39, 0.29) is 11.6 Å². The molecule has 1 fully saturated rings. The van der Waals surface area contributed by atoms with Gasteiger partial charge >= 0.3 is 5.76 Å². The molecule has 0 saturated carbocycles. The van der Waals surface area contributed by atoms with E-state index in [9.17, 15) is 27.3 Å². The number of nitro groups is 1. The average molecular weight is 400 g/mol. The standard InChI is InChI=1S/C16H18F2N4O4S/c1-20-10-12(9-19-20)11-4-6-21(7-5-11)14-3-2-13(8-15(14)22(23)24)27(25,26)16(17)18/h2-3,8-11,16H,4-7H2,1H3. The summed E-state index contributed by atoms with van der Waals surface area (Å²) in [7, 11) is -3.06. The number of nitro benzene ring substituents is 1. The predicted octanol–water partition coefficient (Wildman–Crippen LogP) is 2.71. The number of sulfone groups is 1. The number of aryl methyl sites for hydroxylation is 1. The first-order valence-corrected chi connectivity index (χ1v) is 9.78. The largest absolute Gasteiger partial charge is 0.366 e. The molecule has 1 aromatic heterocycles. The summed E-state index contributed by atoms with van der Waals surface area (Å²) < 4.78 is 50.4. The van der Waals surface area contributed by atoms with Crippen LogP contribution in [0.1, 0.15) is 24.3 Å². The van der Waals surface area contributed by atoms with Gasteiger partial charge in [0.05, 0.1) is 16.0 Å². The first-order valence-electron chi connectivity index (χ1n) is 8.24. The Hall–Kier alpha value is -2.56. The van der Waals surface area contributed by atoms with Gasteiger partial charge in [-0.3, -0.25) is 14.8 Å². The van der Waals surface area contributed by atoms with Gasteiger partial charge < -0.3 is 4.90 Å². The summed E-state index contributed by atoms with van der Waals surface area (Å²) in [6.07, 6.45) is 5.24. The number of aromatic nitrogens is 2. The van der Waals surface area contributed by atoms with Crippen LogP contribution < -0.4 is 4.90 Å². The van der Waals surface area contributed by atoms with Crippen molar-refractivity contribution in [2.75, 3.05) is 18.0 Å². The quantitative estimate of drug-likeness (QED) is 0.565. The zero-order valence-electron chi connectivity index (χ0n) is 14.5. The maximum absolute atomic E-state index is 12.7. The summed E-state index contributed by atoms with van der Waals surface area (Å²) in [6.45, 7) is 1.06. The summed E-state index contributed by atoms with van der Waals surface area (Å²) in [5, 5.41) is 15.5. The van der Waals surface area contributed by atoms with Gasteiger partial charge in [0.2, 0.25) is 9.84 Å². The van der Waals surface area contributed by atoms with Crippen molar-refractivity contribution in [2.45, 2.75) is 29.4 Å². The SMILES string of the molecule is Cn1cc(C2CCN(c3ccc(S(=O)(=O)C(F)F)cc3[N+](=O)[O-])CC2)cn1. The highest BCUT2D eigenvalue weighted by molar-refractivity contribution is 7.91. The van der Waals surface area contributed by atoms with Gasteiger partial charge in [0.1, 0.15) is 5.69 Å². The Bertz CT molecular complexity index is 953. The number of rotatable bonds is 5. The van der Waals surface area contributed by atoms with Crippen LogP contribution in [0.4, 0.5) is 20.2 Å². The Morgan fingerprint density at radius 3 is 2.48 bits per heavy atom. The van der Waals surface area contributed by atoms with Crippen molar-refractivity contribution in [2.24, 2.45) is 7.05 Å². The number of hydrogen-bond donors (Lipinski definition) is 0. The van der Waals surface area contributed by atoms with Crippen LogP contribution in [-0.2, 0) is 16.9 Å². The second-order valence-corrected chi connectivity index (χ2v) is 8.34. The molecule has 11 heteroatoms. The molecule has 2 heterocycles. The van der Waals surface area contributed by atoms with Crippen molar-refractivity contribution >= 4 is 21.2 Å². The van der Waals surface area contributed by atoms with Crippen molar-refractivity contribution in [3.63, 3.8) is 0 Å². The van der Waals surface area contributed by atoms with Gasteiger partial charge in [-0.25, -0.2) is 8.42 Å². The summed E-state index contributed by atoms with van der Waals surface area (Å²) in [5.74, 6) is -3.34. The lowest BCUT2D eigenvalue weighted by atomic mass is 9.91. The van der Waals surface area contributed by atoms with Crippen LogP contribution in [0.5, 0.6) is 0 Å². The van der Waals surface area contributed by atoms with Gasteiger partial charge in [-0.15, -0.1) is 0 Å². The number of halogens is 2. The number of piperidine rings is 1. The number of anilines is 1. The highest BCUT2D eigenvalue weighted by atomic mass is 32.2. The van der Waals surface area contributed by atoms with Gasteiger partial charge in [0.15, 0.2) is 0 Å². The third kappa shape index (κ3) is 3.77. The van der Waals surface area contributed by atoms with Crippen molar-refractivity contribution in [1.82, 2.24) is 9.78 Å². The molecule has 1 aliphatic heterocycles. The minimum atomic E-state index is -4.89. The molecule has 0 unspecified atom stereocenters. The molecule has 1 saturated heterocycles. The van der Waals surface area contributed by atoms with Crippen LogP contribution in [0.25, 0.3) is 0 Å². The van der Waals surface area contributed by atoms with Gasteiger partial charge in [-0.2, -0.15) is 13.9 Å². The zero-order valence-corrected chi connectivity index (χ0v) is 15.3. The van der Waals surface area contributed by atoms with E-state index in [0.29, 0.717) is 19.2 Å². The van der Waals surface area contributed by atoms with E-state index in [4.69, 9.17) is 0 Å². The normalized spacial score (nSPS) is 16.1. The maximum Gasteiger partial charge on any atom is 0.341 e. The lowest BCUT2D eigenvalue weighted by Crippen LogP contribution is -2.33. The van der Waals surface area contributed by atoms with E-state index in [1.807, 2.05) is 13.2 Å². The molecule has 0 bridgehead atoms. The highest BCUT2D eigenvalue weighted by Gasteiger charge is 2.31. The Morgan fingerprint density at radius 2 is 1.96 bits per heavy atom. The Morgan fingerprint density at radius 1 is 1.30 bits per heavy atom. The maximum atomic E-state index is 12.7. The molecular weight excluding hydrogens is 382 g/mol. The van der Waals surface area contributed by atoms with Crippen LogP contribution in [0.2, 0.25) is 0 Å². The summed E-state index contributed by atoms with van der Waals surface area (Å²) in [6, 6.07) is 2.94. The fourth-order valence-electron chi connectivity index (χ4n) is 3.30. The van der Waals surface area contributed by atoms with Crippen molar-refractivity contribution in [1.29, 1.82) is 0 Å². The highest BCUT2D eigenvalue weighted by Crippen LogP contribution is 2.36. The number of hydrogen-bond acceptors (Lipinski definition) is 6. The molecule has 2 aromatic rings. The van der Waals surface area contributed by atoms with E-state index in [0.717, 1.165) is 24.5 Å². The van der Waals surface area contributed by atoms with Gasteiger partial charge in [0, 0.05) is 32.4 Å². The van der Waals surface area contributed by atoms with E-state index < -0.39 is 31.1 Å². The topological polar surface area (TPSA) is 98.3 Å².